The Balaban J connectivity index is 2.04. The lowest BCUT2D eigenvalue weighted by molar-refractivity contribution is -0.137. The number of methoxy groups -OCH3 is 1. The molecular weight excluding hydrogens is 371 g/mol. The second-order valence-corrected chi connectivity index (χ2v) is 5.89. The van der Waals surface area contributed by atoms with E-state index in [4.69, 9.17) is 9.47 Å². The predicted octanol–water partition coefficient (Wildman–Crippen LogP) is 5.13. The van der Waals surface area contributed by atoms with Crippen molar-refractivity contribution in [1.82, 2.24) is 4.98 Å². The summed E-state index contributed by atoms with van der Waals surface area (Å²) in [6.07, 6.45) is -1.43. The molecule has 2 aromatic carbocycles. The Hall–Kier alpha value is -3.35. The van der Waals surface area contributed by atoms with E-state index in [-0.39, 0.29) is 23.3 Å². The Morgan fingerprint density at radius 1 is 1.04 bits per heavy atom. The van der Waals surface area contributed by atoms with Gasteiger partial charge in [-0.15, -0.1) is 0 Å². The second-order valence-electron chi connectivity index (χ2n) is 5.89. The van der Waals surface area contributed by atoms with Crippen molar-refractivity contribution in [2.75, 3.05) is 7.11 Å². The summed E-state index contributed by atoms with van der Waals surface area (Å²) in [5, 5.41) is 0. The number of nitrogens with zero attached hydrogens (tertiary/aromatic N) is 1. The van der Waals surface area contributed by atoms with Gasteiger partial charge in [0.25, 0.3) is 0 Å². The molecule has 4 nitrogen and oxygen atoms in total. The maximum Gasteiger partial charge on any atom is 0.417 e. The molecule has 144 valence electrons. The molecule has 0 fully saturated rings. The van der Waals surface area contributed by atoms with Crippen molar-refractivity contribution in [2.24, 2.45) is 0 Å². The molecule has 0 atom stereocenters. The summed E-state index contributed by atoms with van der Waals surface area (Å²) in [5.74, 6) is -0.191. The normalized spacial score (nSPS) is 11.1. The third kappa shape index (κ3) is 4.31. The number of carbonyl (C=O) groups is 1. The highest BCUT2D eigenvalue weighted by molar-refractivity contribution is 5.98. The molecule has 0 bridgehead atoms. The molecule has 0 aliphatic rings. The van der Waals surface area contributed by atoms with Gasteiger partial charge in [-0.1, -0.05) is 24.3 Å². The van der Waals surface area contributed by atoms with Crippen molar-refractivity contribution in [3.8, 4) is 16.9 Å². The largest absolute Gasteiger partial charge is 0.487 e. The van der Waals surface area contributed by atoms with Crippen molar-refractivity contribution in [3.05, 3.63) is 83.7 Å². The third-order valence-corrected chi connectivity index (χ3v) is 4.05. The van der Waals surface area contributed by atoms with Crippen LogP contribution in [0.25, 0.3) is 11.1 Å². The van der Waals surface area contributed by atoms with E-state index >= 15 is 0 Å². The van der Waals surface area contributed by atoms with Crippen LogP contribution in [0.3, 0.4) is 0 Å². The van der Waals surface area contributed by atoms with Gasteiger partial charge in [0.1, 0.15) is 12.4 Å². The monoisotopic (exact) mass is 387 g/mol. The first-order valence-electron chi connectivity index (χ1n) is 8.31. The lowest BCUT2D eigenvalue weighted by Gasteiger charge is -2.16. The lowest BCUT2D eigenvalue weighted by Crippen LogP contribution is -2.10. The van der Waals surface area contributed by atoms with E-state index < -0.39 is 17.7 Å². The molecule has 0 aliphatic carbocycles. The fourth-order valence-electron chi connectivity index (χ4n) is 2.76. The number of carbonyl (C=O) groups excluding carboxylic acids is 1. The van der Waals surface area contributed by atoms with Crippen LogP contribution in [0.5, 0.6) is 5.75 Å². The van der Waals surface area contributed by atoms with Gasteiger partial charge in [-0.25, -0.2) is 4.79 Å². The number of rotatable bonds is 5. The zero-order valence-corrected chi connectivity index (χ0v) is 14.9. The molecular formula is C21H16F3NO3. The van der Waals surface area contributed by atoms with E-state index in [1.807, 2.05) is 0 Å². The molecule has 7 heteroatoms. The molecule has 0 unspecified atom stereocenters. The highest BCUT2D eigenvalue weighted by Crippen LogP contribution is 2.38. The first-order valence-corrected chi connectivity index (χ1v) is 8.31. The number of alkyl halides is 3. The fraction of sp³-hybridized carbons (Fsp3) is 0.143. The SMILES string of the molecule is COC(=O)c1ccc(COc2cccnc2)cc1-c1ccccc1C(F)(F)F. The summed E-state index contributed by atoms with van der Waals surface area (Å²) >= 11 is 0. The highest BCUT2D eigenvalue weighted by Gasteiger charge is 2.34. The summed E-state index contributed by atoms with van der Waals surface area (Å²) < 4.78 is 50.8. The third-order valence-electron chi connectivity index (χ3n) is 4.05. The topological polar surface area (TPSA) is 48.4 Å². The molecule has 0 aliphatic heterocycles. The number of aromatic nitrogens is 1. The summed E-state index contributed by atoms with van der Waals surface area (Å²) in [6, 6.07) is 13.1. The summed E-state index contributed by atoms with van der Waals surface area (Å²) in [4.78, 5) is 16.1. The first kappa shape index (κ1) is 19.4. The molecule has 0 saturated heterocycles. The average molecular weight is 387 g/mol. The van der Waals surface area contributed by atoms with Crippen LogP contribution in [0.2, 0.25) is 0 Å². The zero-order valence-electron chi connectivity index (χ0n) is 14.9. The molecule has 1 aromatic heterocycles. The molecule has 3 aromatic rings. The Bertz CT molecular complexity index is 972. The van der Waals surface area contributed by atoms with Crippen LogP contribution in [-0.4, -0.2) is 18.1 Å². The molecule has 1 heterocycles. The van der Waals surface area contributed by atoms with Gasteiger partial charge in [-0.2, -0.15) is 13.2 Å². The van der Waals surface area contributed by atoms with Crippen LogP contribution < -0.4 is 4.74 Å². The molecule has 0 amide bonds. The standard InChI is InChI=1S/C21H16F3NO3/c1-27-20(26)17-9-8-14(13-28-15-5-4-10-25-12-15)11-18(17)16-6-2-3-7-19(16)21(22,23)24/h2-12H,13H2,1H3. The number of hydrogen-bond acceptors (Lipinski definition) is 4. The minimum absolute atomic E-state index is 0.0457. The molecule has 0 spiro atoms. The van der Waals surface area contributed by atoms with Gasteiger partial charge >= 0.3 is 12.1 Å². The number of benzene rings is 2. The van der Waals surface area contributed by atoms with Crippen LogP contribution in [0, 0.1) is 0 Å². The van der Waals surface area contributed by atoms with Crippen molar-refractivity contribution >= 4 is 5.97 Å². The van der Waals surface area contributed by atoms with Gasteiger partial charge < -0.3 is 9.47 Å². The van der Waals surface area contributed by atoms with E-state index in [2.05, 4.69) is 4.98 Å². The lowest BCUT2D eigenvalue weighted by atomic mass is 9.93. The van der Waals surface area contributed by atoms with Crippen molar-refractivity contribution in [2.45, 2.75) is 12.8 Å². The van der Waals surface area contributed by atoms with Crippen LogP contribution >= 0.6 is 0 Å². The Labute approximate surface area is 159 Å². The minimum atomic E-state index is -4.56. The van der Waals surface area contributed by atoms with Crippen LogP contribution in [0.15, 0.2) is 67.0 Å². The average Bonchev–Trinajstić information content (AvgIpc) is 2.71. The zero-order chi connectivity index (χ0) is 20.1. The summed E-state index contributed by atoms with van der Waals surface area (Å²) in [5.41, 5.74) is -0.149. The maximum atomic E-state index is 13.5. The van der Waals surface area contributed by atoms with Crippen LogP contribution in [-0.2, 0) is 17.5 Å². The van der Waals surface area contributed by atoms with Crippen LogP contribution in [0.1, 0.15) is 21.5 Å². The summed E-state index contributed by atoms with van der Waals surface area (Å²) in [6.45, 7) is 0.105. The quantitative estimate of drug-likeness (QED) is 0.569. The van der Waals surface area contributed by atoms with Crippen molar-refractivity contribution in [1.29, 1.82) is 0 Å². The molecule has 0 radical (unpaired) electrons. The summed E-state index contributed by atoms with van der Waals surface area (Å²) in [7, 11) is 1.18. The van der Waals surface area contributed by atoms with Gasteiger partial charge in [0.05, 0.1) is 24.4 Å². The van der Waals surface area contributed by atoms with Gasteiger partial charge in [0.2, 0.25) is 0 Å². The van der Waals surface area contributed by atoms with E-state index in [1.165, 1.54) is 43.6 Å². The van der Waals surface area contributed by atoms with E-state index in [1.54, 1.807) is 24.4 Å². The molecule has 0 N–H and O–H groups in total. The van der Waals surface area contributed by atoms with E-state index in [0.29, 0.717) is 11.3 Å². The predicted molar refractivity (Wildman–Crippen MR) is 96.8 cm³/mol. The van der Waals surface area contributed by atoms with Gasteiger partial charge in [-0.05, 0) is 47.0 Å². The van der Waals surface area contributed by atoms with Crippen LogP contribution in [0.4, 0.5) is 13.2 Å². The highest BCUT2D eigenvalue weighted by atomic mass is 19.4. The van der Waals surface area contributed by atoms with Gasteiger partial charge in [0, 0.05) is 6.20 Å². The van der Waals surface area contributed by atoms with Gasteiger partial charge in [0.15, 0.2) is 0 Å². The first-order chi connectivity index (χ1) is 13.4. The second kappa shape index (κ2) is 8.12. The minimum Gasteiger partial charge on any atom is -0.487 e. The number of esters is 1. The smallest absolute Gasteiger partial charge is 0.417 e. The number of halogens is 3. The van der Waals surface area contributed by atoms with E-state index in [0.717, 1.165) is 6.07 Å². The Morgan fingerprint density at radius 3 is 2.50 bits per heavy atom. The fourth-order valence-corrected chi connectivity index (χ4v) is 2.76. The Kier molecular flexibility index (Phi) is 5.63. The van der Waals surface area contributed by atoms with E-state index in [9.17, 15) is 18.0 Å². The Morgan fingerprint density at radius 2 is 1.82 bits per heavy atom. The molecule has 0 saturated carbocycles. The van der Waals surface area contributed by atoms with Crippen molar-refractivity contribution in [3.63, 3.8) is 0 Å². The number of ether oxygens (including phenoxy) is 2. The van der Waals surface area contributed by atoms with Crippen molar-refractivity contribution < 1.29 is 27.4 Å². The molecule has 28 heavy (non-hydrogen) atoms. The molecule has 3 rings (SSSR count). The van der Waals surface area contributed by atoms with Gasteiger partial charge in [-0.3, -0.25) is 4.98 Å². The number of hydrogen-bond donors (Lipinski definition) is 0. The number of pyridine rings is 1. The maximum absolute atomic E-state index is 13.5.